The van der Waals surface area contributed by atoms with Gasteiger partial charge in [0.25, 0.3) is 0 Å². The number of hydrogen-bond donors (Lipinski definition) is 1. The van der Waals surface area contributed by atoms with E-state index in [1.54, 1.807) is 26.8 Å². The van der Waals surface area contributed by atoms with Crippen molar-refractivity contribution in [2.24, 2.45) is 5.41 Å². The summed E-state index contributed by atoms with van der Waals surface area (Å²) in [6.45, 7) is 4.77. The highest BCUT2D eigenvalue weighted by Crippen LogP contribution is 2.38. The smallest absolute Gasteiger partial charge is 0.380 e. The number of fused-ring (bicyclic) bond motifs is 1. The van der Waals surface area contributed by atoms with Crippen molar-refractivity contribution in [1.29, 1.82) is 0 Å². The highest BCUT2D eigenvalue weighted by molar-refractivity contribution is 6.30. The van der Waals surface area contributed by atoms with E-state index in [1.165, 1.54) is 30.4 Å². The van der Waals surface area contributed by atoms with E-state index in [2.05, 4.69) is 10.3 Å². The molecule has 4 nitrogen and oxygen atoms in total. The molecule has 0 unspecified atom stereocenters. The van der Waals surface area contributed by atoms with Crippen LogP contribution in [0.15, 0.2) is 36.5 Å². The fourth-order valence-corrected chi connectivity index (χ4v) is 4.00. The van der Waals surface area contributed by atoms with Crippen molar-refractivity contribution >= 4 is 23.2 Å². The molecule has 1 amide bonds. The van der Waals surface area contributed by atoms with Gasteiger partial charge < -0.3 is 10.2 Å². The van der Waals surface area contributed by atoms with Crippen molar-refractivity contribution < 1.29 is 18.0 Å². The van der Waals surface area contributed by atoms with Crippen LogP contribution in [0.2, 0.25) is 5.02 Å². The Kier molecular flexibility index (Phi) is 6.05. The van der Waals surface area contributed by atoms with Crippen LogP contribution in [0, 0.1) is 5.41 Å². The summed E-state index contributed by atoms with van der Waals surface area (Å²) >= 11 is 6.04. The topological polar surface area (TPSA) is 45.2 Å². The number of benzene rings is 1. The van der Waals surface area contributed by atoms with Gasteiger partial charge in [-0.3, -0.25) is 9.78 Å². The molecule has 2 atom stereocenters. The van der Waals surface area contributed by atoms with Gasteiger partial charge in [-0.25, -0.2) is 0 Å². The molecule has 0 aliphatic heterocycles. The average Bonchev–Trinajstić information content (AvgIpc) is 3.02. The van der Waals surface area contributed by atoms with Crippen LogP contribution < -0.4 is 5.32 Å². The molecule has 2 aromatic rings. The van der Waals surface area contributed by atoms with Gasteiger partial charge in [0.05, 0.1) is 17.6 Å². The van der Waals surface area contributed by atoms with Crippen LogP contribution in [-0.4, -0.2) is 35.1 Å². The maximum atomic E-state index is 13.8. The van der Waals surface area contributed by atoms with Crippen LogP contribution in [0.1, 0.15) is 43.6 Å². The van der Waals surface area contributed by atoms with Crippen LogP contribution in [0.5, 0.6) is 0 Å². The Bertz CT molecular complexity index is 923. The van der Waals surface area contributed by atoms with E-state index in [-0.39, 0.29) is 11.7 Å². The average molecular weight is 440 g/mol. The zero-order chi connectivity index (χ0) is 22.3. The Morgan fingerprint density at radius 2 is 1.83 bits per heavy atom. The van der Waals surface area contributed by atoms with E-state index < -0.39 is 23.5 Å². The molecule has 0 spiro atoms. The highest BCUT2D eigenvalue weighted by atomic mass is 35.5. The lowest BCUT2D eigenvalue weighted by Gasteiger charge is -2.33. The third-order valence-electron chi connectivity index (χ3n) is 5.20. The first-order chi connectivity index (χ1) is 13.9. The fraction of sp³-hybridized carbons (Fsp3) is 0.455. The molecule has 162 valence electrons. The van der Waals surface area contributed by atoms with E-state index in [9.17, 15) is 18.0 Å². The summed E-state index contributed by atoms with van der Waals surface area (Å²) in [5.41, 5.74) is 1.87. The molecular weight excluding hydrogens is 415 g/mol. The fourth-order valence-electron chi connectivity index (χ4n) is 3.81. The summed E-state index contributed by atoms with van der Waals surface area (Å²) in [5.74, 6) is -0.601. The maximum absolute atomic E-state index is 13.8. The maximum Gasteiger partial charge on any atom is 0.414 e. The molecule has 0 saturated carbocycles. The monoisotopic (exact) mass is 439 g/mol. The van der Waals surface area contributed by atoms with E-state index >= 15 is 0 Å². The van der Waals surface area contributed by atoms with Crippen LogP contribution in [0.25, 0.3) is 0 Å². The number of alkyl halides is 3. The molecule has 1 N–H and O–H groups in total. The lowest BCUT2D eigenvalue weighted by Crippen LogP contribution is -2.44. The molecule has 1 heterocycles. The molecule has 0 saturated heterocycles. The number of carbonyl (C=O) groups excluding carboxylic acids is 1. The largest absolute Gasteiger partial charge is 0.414 e. The number of amides is 1. The molecule has 8 heteroatoms. The normalized spacial score (nSPS) is 17.4. The molecule has 1 aliphatic carbocycles. The summed E-state index contributed by atoms with van der Waals surface area (Å²) in [7, 11) is 1.17. The van der Waals surface area contributed by atoms with Crippen molar-refractivity contribution in [2.75, 3.05) is 12.4 Å². The minimum atomic E-state index is -4.63. The number of pyridine rings is 1. The number of nitrogens with zero attached hydrogens (tertiary/aromatic N) is 2. The van der Waals surface area contributed by atoms with Gasteiger partial charge >= 0.3 is 6.18 Å². The third kappa shape index (κ3) is 4.89. The second kappa shape index (κ2) is 8.10. The van der Waals surface area contributed by atoms with Gasteiger partial charge in [-0.15, -0.1) is 0 Å². The number of aromatic nitrogens is 1. The standard InChI is InChI=1S/C22H25ClF3N3O/c1-21(2,3)20(30)29(4)19(22(24,25)26)18-8-7-16(12-27-18)28-17-10-13-5-6-15(23)9-14(13)11-17/h5-9,12,17,19,28H,10-11H2,1-4H3/t17-,19-/m0/s1. The van der Waals surface area contributed by atoms with E-state index in [4.69, 9.17) is 11.6 Å². The van der Waals surface area contributed by atoms with E-state index in [1.807, 2.05) is 18.2 Å². The van der Waals surface area contributed by atoms with Crippen LogP contribution >= 0.6 is 11.6 Å². The first-order valence-electron chi connectivity index (χ1n) is 9.70. The Hall–Kier alpha value is -2.28. The summed E-state index contributed by atoms with van der Waals surface area (Å²) in [4.78, 5) is 17.2. The second-order valence-electron chi connectivity index (χ2n) is 8.74. The summed E-state index contributed by atoms with van der Waals surface area (Å²) in [6, 6.07) is 6.71. The van der Waals surface area contributed by atoms with Crippen molar-refractivity contribution in [3.05, 3.63) is 58.4 Å². The Morgan fingerprint density at radius 1 is 1.17 bits per heavy atom. The van der Waals surface area contributed by atoms with Crippen LogP contribution in [0.4, 0.5) is 18.9 Å². The first kappa shape index (κ1) is 22.4. The van der Waals surface area contributed by atoms with Crippen molar-refractivity contribution in [2.45, 2.75) is 51.9 Å². The van der Waals surface area contributed by atoms with Gasteiger partial charge in [-0.1, -0.05) is 38.4 Å². The van der Waals surface area contributed by atoms with Crippen molar-refractivity contribution in [1.82, 2.24) is 9.88 Å². The predicted molar refractivity (Wildman–Crippen MR) is 112 cm³/mol. The van der Waals surface area contributed by atoms with Gasteiger partial charge in [0.15, 0.2) is 6.04 Å². The van der Waals surface area contributed by atoms with Crippen molar-refractivity contribution in [3.8, 4) is 0 Å². The van der Waals surface area contributed by atoms with Gasteiger partial charge in [-0.05, 0) is 48.2 Å². The molecule has 0 bridgehead atoms. The number of rotatable bonds is 4. The molecule has 1 aromatic carbocycles. The lowest BCUT2D eigenvalue weighted by molar-refractivity contribution is -0.192. The molecule has 1 aliphatic rings. The van der Waals surface area contributed by atoms with Gasteiger partial charge in [0.2, 0.25) is 5.91 Å². The molecular formula is C22H25ClF3N3O. The Labute approximate surface area is 179 Å². The minimum absolute atomic E-state index is 0.120. The quantitative estimate of drug-likeness (QED) is 0.691. The number of halogens is 4. The predicted octanol–water partition coefficient (Wildman–Crippen LogP) is 5.42. The number of hydrogen-bond acceptors (Lipinski definition) is 3. The van der Waals surface area contributed by atoms with Gasteiger partial charge in [-0.2, -0.15) is 13.2 Å². The summed E-state index contributed by atoms with van der Waals surface area (Å²) < 4.78 is 41.3. The molecule has 30 heavy (non-hydrogen) atoms. The minimum Gasteiger partial charge on any atom is -0.380 e. The Morgan fingerprint density at radius 3 is 2.40 bits per heavy atom. The van der Waals surface area contributed by atoms with E-state index in [0.717, 1.165) is 17.7 Å². The van der Waals surface area contributed by atoms with Crippen molar-refractivity contribution in [3.63, 3.8) is 0 Å². The molecule has 0 fully saturated rings. The zero-order valence-corrected chi connectivity index (χ0v) is 18.1. The number of carbonyl (C=O) groups is 1. The first-order valence-corrected chi connectivity index (χ1v) is 10.1. The number of anilines is 1. The van der Waals surface area contributed by atoms with Gasteiger partial charge in [0, 0.05) is 23.5 Å². The van der Waals surface area contributed by atoms with Gasteiger partial charge in [0.1, 0.15) is 0 Å². The second-order valence-corrected chi connectivity index (χ2v) is 9.18. The molecule has 1 aromatic heterocycles. The van der Waals surface area contributed by atoms with Crippen LogP contribution in [-0.2, 0) is 17.6 Å². The molecule has 0 radical (unpaired) electrons. The van der Waals surface area contributed by atoms with Crippen LogP contribution in [0.3, 0.4) is 0 Å². The SMILES string of the molecule is CN(C(=O)C(C)(C)C)[C@@H](c1ccc(N[C@H]2Cc3ccc(Cl)cc3C2)cn1)C(F)(F)F. The third-order valence-corrected chi connectivity index (χ3v) is 5.43. The lowest BCUT2D eigenvalue weighted by atomic mass is 9.93. The molecule has 3 rings (SSSR count). The number of nitrogens with one attached hydrogen (secondary N) is 1. The highest BCUT2D eigenvalue weighted by Gasteiger charge is 2.47. The zero-order valence-electron chi connectivity index (χ0n) is 17.3. The summed E-state index contributed by atoms with van der Waals surface area (Å²) in [6.07, 6.45) is -1.66. The van der Waals surface area contributed by atoms with E-state index in [0.29, 0.717) is 10.7 Å². The Balaban J connectivity index is 1.75. The summed E-state index contributed by atoms with van der Waals surface area (Å²) in [5, 5.41) is 4.01.